The third-order valence-electron chi connectivity index (χ3n) is 3.35. The van der Waals surface area contributed by atoms with Crippen LogP contribution in [0.4, 0.5) is 4.39 Å². The summed E-state index contributed by atoms with van der Waals surface area (Å²) >= 11 is 6.04. The van der Waals surface area contributed by atoms with E-state index in [2.05, 4.69) is 0 Å². The number of halogens is 2. The summed E-state index contributed by atoms with van der Waals surface area (Å²) < 4.78 is 20.3. The van der Waals surface area contributed by atoms with Crippen molar-refractivity contribution >= 4 is 28.5 Å². The van der Waals surface area contributed by atoms with Gasteiger partial charge in [-0.3, -0.25) is 4.79 Å². The van der Waals surface area contributed by atoms with Gasteiger partial charge in [0.25, 0.3) is 0 Å². The highest BCUT2D eigenvalue weighted by molar-refractivity contribution is 6.31. The van der Waals surface area contributed by atoms with Crippen LogP contribution in [0.3, 0.4) is 0 Å². The standard InChI is InChI=1S/C17H13ClFNO2/c1-2-17(21)22-16-10-20(13-6-4-12(19)5-7-13)15-8-3-11(18)9-14(15)16/h3-10H,2H2,1H3. The molecule has 2 aromatic carbocycles. The van der Waals surface area contributed by atoms with Crippen molar-refractivity contribution in [3.8, 4) is 11.4 Å². The van der Waals surface area contributed by atoms with Gasteiger partial charge in [0.15, 0.2) is 5.75 Å². The average molecular weight is 318 g/mol. The Morgan fingerprint density at radius 2 is 1.95 bits per heavy atom. The van der Waals surface area contributed by atoms with E-state index in [0.717, 1.165) is 16.6 Å². The SMILES string of the molecule is CCC(=O)Oc1cn(-c2ccc(F)cc2)c2ccc(Cl)cc12. The molecule has 0 saturated carbocycles. The van der Waals surface area contributed by atoms with Crippen LogP contribution in [-0.4, -0.2) is 10.5 Å². The number of fused-ring (bicyclic) bond motifs is 1. The fourth-order valence-corrected chi connectivity index (χ4v) is 2.44. The fourth-order valence-electron chi connectivity index (χ4n) is 2.26. The number of esters is 1. The Bertz CT molecular complexity index is 840. The molecule has 0 fully saturated rings. The van der Waals surface area contributed by atoms with Crippen LogP contribution >= 0.6 is 11.6 Å². The Labute approximate surface area is 131 Å². The summed E-state index contributed by atoms with van der Waals surface area (Å²) in [6.07, 6.45) is 1.99. The lowest BCUT2D eigenvalue weighted by molar-refractivity contribution is -0.133. The molecule has 0 unspecified atom stereocenters. The molecule has 1 heterocycles. The first kappa shape index (κ1) is 14.6. The Hall–Kier alpha value is -2.33. The maximum atomic E-state index is 13.1. The Morgan fingerprint density at radius 1 is 1.23 bits per heavy atom. The molecule has 0 radical (unpaired) electrons. The van der Waals surface area contributed by atoms with Crippen molar-refractivity contribution in [2.75, 3.05) is 0 Å². The van der Waals surface area contributed by atoms with E-state index in [1.807, 2.05) is 10.6 Å². The van der Waals surface area contributed by atoms with Crippen LogP contribution < -0.4 is 4.74 Å². The van der Waals surface area contributed by atoms with E-state index in [9.17, 15) is 9.18 Å². The number of carbonyl (C=O) groups is 1. The average Bonchev–Trinajstić information content (AvgIpc) is 2.86. The van der Waals surface area contributed by atoms with Crippen LogP contribution in [0.1, 0.15) is 13.3 Å². The van der Waals surface area contributed by atoms with Gasteiger partial charge in [0.1, 0.15) is 5.82 Å². The van der Waals surface area contributed by atoms with Gasteiger partial charge in [-0.2, -0.15) is 0 Å². The summed E-state index contributed by atoms with van der Waals surface area (Å²) in [5, 5.41) is 1.29. The molecule has 0 aliphatic carbocycles. The number of carbonyl (C=O) groups excluding carboxylic acids is 1. The molecule has 0 aliphatic heterocycles. The molecule has 0 spiro atoms. The minimum Gasteiger partial charge on any atom is -0.424 e. The van der Waals surface area contributed by atoms with E-state index in [-0.39, 0.29) is 18.2 Å². The molecule has 0 aliphatic rings. The minimum atomic E-state index is -0.321. The highest BCUT2D eigenvalue weighted by Gasteiger charge is 2.14. The third kappa shape index (κ3) is 2.70. The molecule has 3 rings (SSSR count). The lowest BCUT2D eigenvalue weighted by Crippen LogP contribution is -2.04. The van der Waals surface area contributed by atoms with Gasteiger partial charge in [-0.25, -0.2) is 4.39 Å². The van der Waals surface area contributed by atoms with Gasteiger partial charge in [0, 0.05) is 22.5 Å². The van der Waals surface area contributed by atoms with Crippen molar-refractivity contribution in [3.63, 3.8) is 0 Å². The van der Waals surface area contributed by atoms with Gasteiger partial charge in [-0.05, 0) is 42.5 Å². The summed E-state index contributed by atoms with van der Waals surface area (Å²) in [5.74, 6) is -0.187. The highest BCUT2D eigenvalue weighted by Crippen LogP contribution is 2.33. The fraction of sp³-hybridized carbons (Fsp3) is 0.118. The minimum absolute atomic E-state index is 0.282. The first-order valence-electron chi connectivity index (χ1n) is 6.85. The Morgan fingerprint density at radius 3 is 2.64 bits per heavy atom. The van der Waals surface area contributed by atoms with Crippen molar-refractivity contribution in [2.45, 2.75) is 13.3 Å². The van der Waals surface area contributed by atoms with Crippen LogP contribution in [0.2, 0.25) is 5.02 Å². The third-order valence-corrected chi connectivity index (χ3v) is 3.58. The highest BCUT2D eigenvalue weighted by atomic mass is 35.5. The van der Waals surface area contributed by atoms with Crippen molar-refractivity contribution in [1.82, 2.24) is 4.57 Å². The van der Waals surface area contributed by atoms with Crippen molar-refractivity contribution in [3.05, 3.63) is 59.5 Å². The monoisotopic (exact) mass is 317 g/mol. The lowest BCUT2D eigenvalue weighted by atomic mass is 10.2. The summed E-state index contributed by atoms with van der Waals surface area (Å²) in [4.78, 5) is 11.6. The van der Waals surface area contributed by atoms with Gasteiger partial charge < -0.3 is 9.30 Å². The van der Waals surface area contributed by atoms with Gasteiger partial charge in [-0.15, -0.1) is 0 Å². The predicted octanol–water partition coefficient (Wildman–Crippen LogP) is 4.74. The molecular weight excluding hydrogens is 305 g/mol. The molecule has 5 heteroatoms. The van der Waals surface area contributed by atoms with Gasteiger partial charge >= 0.3 is 5.97 Å². The van der Waals surface area contributed by atoms with Gasteiger partial charge in [0.05, 0.1) is 11.7 Å². The summed E-state index contributed by atoms with van der Waals surface area (Å²) in [5.41, 5.74) is 1.60. The van der Waals surface area contributed by atoms with E-state index >= 15 is 0 Å². The normalized spacial score (nSPS) is 10.9. The quantitative estimate of drug-likeness (QED) is 0.653. The Kier molecular flexibility index (Phi) is 3.86. The largest absolute Gasteiger partial charge is 0.424 e. The van der Waals surface area contributed by atoms with Gasteiger partial charge in [-0.1, -0.05) is 18.5 Å². The summed E-state index contributed by atoms with van der Waals surface area (Å²) in [6.45, 7) is 1.73. The second-order valence-electron chi connectivity index (χ2n) is 4.83. The molecule has 0 amide bonds. The van der Waals surface area contributed by atoms with Crippen LogP contribution in [0.25, 0.3) is 16.6 Å². The number of hydrogen-bond donors (Lipinski definition) is 0. The number of benzene rings is 2. The van der Waals surface area contributed by atoms with Crippen molar-refractivity contribution < 1.29 is 13.9 Å². The molecule has 3 nitrogen and oxygen atoms in total. The zero-order chi connectivity index (χ0) is 15.7. The number of nitrogens with zero attached hydrogens (tertiary/aromatic N) is 1. The van der Waals surface area contributed by atoms with Crippen LogP contribution in [0.5, 0.6) is 5.75 Å². The van der Waals surface area contributed by atoms with E-state index in [1.54, 1.807) is 37.4 Å². The van der Waals surface area contributed by atoms with E-state index < -0.39 is 0 Å². The molecular formula is C17H13ClFNO2. The molecule has 3 aromatic rings. The molecule has 0 saturated heterocycles. The number of rotatable bonds is 3. The maximum absolute atomic E-state index is 13.1. The van der Waals surface area contributed by atoms with Crippen LogP contribution in [0.15, 0.2) is 48.7 Å². The van der Waals surface area contributed by atoms with E-state index in [4.69, 9.17) is 16.3 Å². The smallest absolute Gasteiger partial charge is 0.310 e. The van der Waals surface area contributed by atoms with Crippen LogP contribution in [-0.2, 0) is 4.79 Å². The molecule has 0 atom stereocenters. The van der Waals surface area contributed by atoms with Gasteiger partial charge in [0.2, 0.25) is 0 Å². The molecule has 112 valence electrons. The number of aromatic nitrogens is 1. The molecule has 1 aromatic heterocycles. The van der Waals surface area contributed by atoms with Crippen molar-refractivity contribution in [2.24, 2.45) is 0 Å². The number of hydrogen-bond acceptors (Lipinski definition) is 2. The molecule has 0 bridgehead atoms. The first-order valence-corrected chi connectivity index (χ1v) is 7.23. The topological polar surface area (TPSA) is 31.2 Å². The zero-order valence-corrected chi connectivity index (χ0v) is 12.6. The number of ether oxygens (including phenoxy) is 1. The van der Waals surface area contributed by atoms with Crippen molar-refractivity contribution in [1.29, 1.82) is 0 Å². The molecule has 22 heavy (non-hydrogen) atoms. The Balaban J connectivity index is 2.18. The van der Waals surface area contributed by atoms with E-state index in [0.29, 0.717) is 10.8 Å². The lowest BCUT2D eigenvalue weighted by Gasteiger charge is -2.04. The van der Waals surface area contributed by atoms with E-state index in [1.165, 1.54) is 12.1 Å². The first-order chi connectivity index (χ1) is 10.6. The second kappa shape index (κ2) is 5.81. The van der Waals surface area contributed by atoms with Crippen LogP contribution in [0, 0.1) is 5.82 Å². The molecule has 0 N–H and O–H groups in total. The summed E-state index contributed by atoms with van der Waals surface area (Å²) in [6, 6.07) is 11.4. The maximum Gasteiger partial charge on any atom is 0.310 e. The summed E-state index contributed by atoms with van der Waals surface area (Å²) in [7, 11) is 0. The zero-order valence-electron chi connectivity index (χ0n) is 11.8. The predicted molar refractivity (Wildman–Crippen MR) is 84.2 cm³/mol. The second-order valence-corrected chi connectivity index (χ2v) is 5.27.